The average Bonchev–Trinajstić information content (AvgIpc) is 3.35. The normalized spacial score (nSPS) is 22.2. The van der Waals surface area contributed by atoms with Crippen LogP contribution in [0, 0.1) is 5.92 Å². The van der Waals surface area contributed by atoms with Gasteiger partial charge in [0.2, 0.25) is 11.8 Å². The van der Waals surface area contributed by atoms with Gasteiger partial charge in [-0.05, 0) is 98.5 Å². The number of hydrogen-bond acceptors (Lipinski definition) is 7. The highest BCUT2D eigenvalue weighted by Gasteiger charge is 2.37. The Morgan fingerprint density at radius 2 is 1.78 bits per heavy atom. The quantitative estimate of drug-likeness (QED) is 0.345. The number of nitrogens with zero attached hydrogens (tertiary/aromatic N) is 5. The van der Waals surface area contributed by atoms with Crippen molar-refractivity contribution in [3.8, 4) is 11.5 Å². The maximum absolute atomic E-state index is 13.7. The van der Waals surface area contributed by atoms with Crippen molar-refractivity contribution in [3.05, 3.63) is 76.4 Å². The maximum Gasteiger partial charge on any atom is 0.237 e. The number of halogens is 1. The molecule has 1 atom stereocenters. The third-order valence-electron chi connectivity index (χ3n) is 9.36. The summed E-state index contributed by atoms with van der Waals surface area (Å²) in [4.78, 5) is 38.7. The molecule has 1 saturated carbocycles. The molecule has 3 heterocycles. The first-order valence-electron chi connectivity index (χ1n) is 15.8. The van der Waals surface area contributed by atoms with Crippen molar-refractivity contribution in [2.24, 2.45) is 5.92 Å². The molecule has 2 aromatic carbocycles. The predicted molar refractivity (Wildman–Crippen MR) is 176 cm³/mol. The van der Waals surface area contributed by atoms with Crippen LogP contribution in [0.25, 0.3) is 0 Å². The number of pyridine rings is 1. The molecule has 1 N–H and O–H groups in total. The SMILES string of the molecule is CC(C)Oc1cc2c(cc1O)CC(=O)N(c1ccc(N(C)CC3CCC(N4CC(=O)N(C)C4)CC3)nc1)C2c1ccc(Cl)cc1. The van der Waals surface area contributed by atoms with E-state index in [1.807, 2.05) is 68.3 Å². The first-order chi connectivity index (χ1) is 21.6. The number of hydrogen-bond donors (Lipinski definition) is 1. The summed E-state index contributed by atoms with van der Waals surface area (Å²) in [6.45, 7) is 6.02. The Balaban J connectivity index is 1.20. The second-order valence-corrected chi connectivity index (χ2v) is 13.4. The largest absolute Gasteiger partial charge is 0.504 e. The van der Waals surface area contributed by atoms with Crippen molar-refractivity contribution < 1.29 is 19.4 Å². The number of aromatic hydroxyl groups is 1. The van der Waals surface area contributed by atoms with Crippen molar-refractivity contribution in [2.75, 3.05) is 43.7 Å². The first kappa shape index (κ1) is 31.2. The number of rotatable bonds is 8. The lowest BCUT2D eigenvalue weighted by Gasteiger charge is -2.38. The van der Waals surface area contributed by atoms with Crippen LogP contribution in [0.1, 0.15) is 62.3 Å². The highest BCUT2D eigenvalue weighted by molar-refractivity contribution is 6.30. The predicted octanol–water partition coefficient (Wildman–Crippen LogP) is 5.63. The van der Waals surface area contributed by atoms with Crippen LogP contribution in [0.4, 0.5) is 11.5 Å². The molecule has 0 bridgehead atoms. The molecular weight excluding hydrogens is 590 g/mol. The maximum atomic E-state index is 13.7. The molecule has 1 aromatic heterocycles. The van der Waals surface area contributed by atoms with Crippen molar-refractivity contribution in [1.29, 1.82) is 0 Å². The van der Waals surface area contributed by atoms with Gasteiger partial charge >= 0.3 is 0 Å². The molecule has 3 aliphatic rings. The molecular formula is C35H42ClN5O4. The number of likely N-dealkylation sites (N-methyl/N-ethyl adjacent to an activating group) is 1. The highest BCUT2D eigenvalue weighted by atomic mass is 35.5. The number of carbonyl (C=O) groups is 2. The standard InChI is InChI=1S/C35H42ClN5O4/c1-22(2)45-31-17-29-25(15-30(31)42)16-33(43)41(35(29)24-7-9-26(36)10-8-24)28-13-14-32(37-18-28)38(3)19-23-5-11-27(12-6-23)40-20-34(44)39(4)21-40/h7-10,13-15,17-18,22-23,27,35,42H,5-6,11-12,16,19-21H2,1-4H3. The van der Waals surface area contributed by atoms with Gasteiger partial charge in [-0.3, -0.25) is 19.4 Å². The van der Waals surface area contributed by atoms with Crippen LogP contribution in [0.15, 0.2) is 54.7 Å². The number of ether oxygens (including phenoxy) is 1. The lowest BCUT2D eigenvalue weighted by molar-refractivity contribution is -0.125. The number of amides is 2. The van der Waals surface area contributed by atoms with Gasteiger partial charge < -0.3 is 19.6 Å². The van der Waals surface area contributed by atoms with Crippen molar-refractivity contribution in [3.63, 3.8) is 0 Å². The fraction of sp³-hybridized carbons (Fsp3) is 0.457. The Morgan fingerprint density at radius 3 is 2.40 bits per heavy atom. The highest BCUT2D eigenvalue weighted by Crippen LogP contribution is 2.43. The van der Waals surface area contributed by atoms with E-state index < -0.39 is 6.04 Å². The molecule has 2 fully saturated rings. The van der Waals surface area contributed by atoms with E-state index in [2.05, 4.69) is 16.8 Å². The molecule has 2 amide bonds. The molecule has 10 heteroatoms. The third kappa shape index (κ3) is 6.60. The van der Waals surface area contributed by atoms with Crippen LogP contribution in [-0.4, -0.2) is 77.7 Å². The van der Waals surface area contributed by atoms with E-state index in [0.29, 0.717) is 35.0 Å². The summed E-state index contributed by atoms with van der Waals surface area (Å²) in [6, 6.07) is 15.0. The Labute approximate surface area is 270 Å². The minimum absolute atomic E-state index is 0.0276. The Hall–Kier alpha value is -3.82. The second kappa shape index (κ2) is 12.9. The van der Waals surface area contributed by atoms with Crippen LogP contribution < -0.4 is 14.5 Å². The van der Waals surface area contributed by atoms with Gasteiger partial charge in [-0.1, -0.05) is 23.7 Å². The summed E-state index contributed by atoms with van der Waals surface area (Å²) in [5.41, 5.74) is 3.27. The van der Waals surface area contributed by atoms with Gasteiger partial charge in [0, 0.05) is 31.7 Å². The molecule has 0 radical (unpaired) electrons. The molecule has 3 aromatic rings. The minimum atomic E-state index is -0.445. The van der Waals surface area contributed by atoms with Crippen LogP contribution in [0.5, 0.6) is 11.5 Å². The molecule has 238 valence electrons. The summed E-state index contributed by atoms with van der Waals surface area (Å²) in [5, 5.41) is 11.3. The van der Waals surface area contributed by atoms with Crippen LogP contribution in [-0.2, 0) is 16.0 Å². The van der Waals surface area contributed by atoms with Gasteiger partial charge in [-0.2, -0.15) is 0 Å². The zero-order valence-corrected chi connectivity index (χ0v) is 27.2. The fourth-order valence-electron chi connectivity index (χ4n) is 7.04. The zero-order chi connectivity index (χ0) is 31.8. The van der Waals surface area contributed by atoms with Crippen LogP contribution >= 0.6 is 11.6 Å². The lowest BCUT2D eigenvalue weighted by Crippen LogP contribution is -2.41. The first-order valence-corrected chi connectivity index (χ1v) is 16.2. The van der Waals surface area contributed by atoms with Crippen molar-refractivity contribution >= 4 is 34.9 Å². The van der Waals surface area contributed by atoms with E-state index in [1.165, 1.54) is 0 Å². The van der Waals surface area contributed by atoms with Gasteiger partial charge in [0.25, 0.3) is 0 Å². The summed E-state index contributed by atoms with van der Waals surface area (Å²) >= 11 is 6.24. The lowest BCUT2D eigenvalue weighted by atomic mass is 9.85. The number of phenols is 1. The smallest absolute Gasteiger partial charge is 0.237 e. The number of aromatic nitrogens is 1. The number of fused-ring (bicyclic) bond motifs is 1. The fourth-order valence-corrected chi connectivity index (χ4v) is 7.17. The van der Waals surface area contributed by atoms with Gasteiger partial charge in [-0.15, -0.1) is 0 Å². The number of carbonyl (C=O) groups excluding carboxylic acids is 2. The number of phenolic OH excluding ortho intramolecular Hbond substituents is 1. The molecule has 9 nitrogen and oxygen atoms in total. The topological polar surface area (TPSA) is 89.5 Å². The molecule has 1 saturated heterocycles. The summed E-state index contributed by atoms with van der Waals surface area (Å²) in [6.07, 6.45) is 6.29. The van der Waals surface area contributed by atoms with E-state index in [-0.39, 0.29) is 30.1 Å². The molecule has 6 rings (SSSR count). The van der Waals surface area contributed by atoms with Crippen molar-refractivity contribution in [2.45, 2.75) is 64.1 Å². The molecule has 0 spiro atoms. The summed E-state index contributed by atoms with van der Waals surface area (Å²) in [7, 11) is 3.95. The van der Waals surface area contributed by atoms with E-state index in [1.54, 1.807) is 17.2 Å². The van der Waals surface area contributed by atoms with Gasteiger partial charge in [0.15, 0.2) is 11.5 Å². The van der Waals surface area contributed by atoms with E-state index in [9.17, 15) is 14.7 Å². The molecule has 45 heavy (non-hydrogen) atoms. The Kier molecular flexibility index (Phi) is 8.93. The minimum Gasteiger partial charge on any atom is -0.504 e. The number of anilines is 2. The molecule has 1 aliphatic carbocycles. The van der Waals surface area contributed by atoms with Crippen molar-refractivity contribution in [1.82, 2.24) is 14.8 Å². The average molecular weight is 632 g/mol. The van der Waals surface area contributed by atoms with Crippen LogP contribution in [0.2, 0.25) is 5.02 Å². The van der Waals surface area contributed by atoms with E-state index in [0.717, 1.165) is 61.4 Å². The van der Waals surface area contributed by atoms with Crippen LogP contribution in [0.3, 0.4) is 0 Å². The second-order valence-electron chi connectivity index (χ2n) is 13.0. The Bertz CT molecular complexity index is 1540. The summed E-state index contributed by atoms with van der Waals surface area (Å²) in [5.74, 6) is 1.98. The zero-order valence-electron chi connectivity index (χ0n) is 26.4. The van der Waals surface area contributed by atoms with Gasteiger partial charge in [-0.25, -0.2) is 4.98 Å². The monoisotopic (exact) mass is 631 g/mol. The third-order valence-corrected chi connectivity index (χ3v) is 9.61. The molecule has 2 aliphatic heterocycles. The van der Waals surface area contributed by atoms with Gasteiger partial charge in [0.05, 0.1) is 43.7 Å². The molecule has 1 unspecified atom stereocenters. The summed E-state index contributed by atoms with van der Waals surface area (Å²) < 4.78 is 5.92. The van der Waals surface area contributed by atoms with Gasteiger partial charge in [0.1, 0.15) is 5.82 Å². The Morgan fingerprint density at radius 1 is 1.04 bits per heavy atom. The number of benzene rings is 2. The van der Waals surface area contributed by atoms with E-state index in [4.69, 9.17) is 21.3 Å². The van der Waals surface area contributed by atoms with E-state index >= 15 is 0 Å².